The summed E-state index contributed by atoms with van der Waals surface area (Å²) < 4.78 is 25.8. The molecule has 1 saturated carbocycles. The average molecular weight is 568 g/mol. The molecule has 1 atom stereocenters. The molecule has 0 radical (unpaired) electrons. The molecule has 11 heteroatoms. The lowest BCUT2D eigenvalue weighted by molar-refractivity contribution is 0.0142. The van der Waals surface area contributed by atoms with E-state index in [-0.39, 0.29) is 47.5 Å². The van der Waals surface area contributed by atoms with Gasteiger partial charge in [-0.3, -0.25) is 9.59 Å². The normalized spacial score (nSPS) is 19.8. The van der Waals surface area contributed by atoms with Crippen LogP contribution in [0.25, 0.3) is 11.4 Å². The molecule has 1 aliphatic carbocycles. The molecule has 220 valence electrons. The Balaban J connectivity index is 1.23. The van der Waals surface area contributed by atoms with Gasteiger partial charge in [0, 0.05) is 63.3 Å². The number of hydrogen-bond donors (Lipinski definition) is 0. The predicted molar refractivity (Wildman–Crippen MR) is 149 cm³/mol. The van der Waals surface area contributed by atoms with E-state index in [1.807, 2.05) is 25.7 Å². The number of hydrogen-bond acceptors (Lipinski definition) is 7. The second-order valence-electron chi connectivity index (χ2n) is 12.0. The third kappa shape index (κ3) is 6.66. The quantitative estimate of drug-likeness (QED) is 0.517. The van der Waals surface area contributed by atoms with Crippen molar-refractivity contribution in [2.75, 3.05) is 33.3 Å². The number of aromatic nitrogens is 2. The van der Waals surface area contributed by atoms with Crippen molar-refractivity contribution in [2.24, 2.45) is 0 Å². The molecule has 3 amide bonds. The van der Waals surface area contributed by atoms with Crippen molar-refractivity contribution in [1.29, 1.82) is 0 Å². The summed E-state index contributed by atoms with van der Waals surface area (Å²) in [5, 5.41) is 0. The summed E-state index contributed by atoms with van der Waals surface area (Å²) in [7, 11) is 1.60. The summed E-state index contributed by atoms with van der Waals surface area (Å²) in [6.45, 7) is 7.56. The van der Waals surface area contributed by atoms with Gasteiger partial charge in [-0.25, -0.2) is 19.2 Å². The third-order valence-corrected chi connectivity index (χ3v) is 7.81. The van der Waals surface area contributed by atoms with Gasteiger partial charge in [0.15, 0.2) is 5.82 Å². The number of likely N-dealkylation sites (tertiary alicyclic amines) is 2. The van der Waals surface area contributed by atoms with Gasteiger partial charge in [0.05, 0.1) is 17.2 Å². The smallest absolute Gasteiger partial charge is 0.410 e. The lowest BCUT2D eigenvalue weighted by Gasteiger charge is -2.39. The SMILES string of the molecule is COC1CCN(C(=O)c2ccc(-c3ncc(C(=O)N(C4CC4)C4CCN(C(=O)OC(C)(C)C)CC4)cn3)cc2F)C1. The molecule has 0 spiro atoms. The van der Waals surface area contributed by atoms with Gasteiger partial charge in [0.1, 0.15) is 11.4 Å². The van der Waals surface area contributed by atoms with E-state index in [4.69, 9.17) is 9.47 Å². The van der Waals surface area contributed by atoms with E-state index in [1.54, 1.807) is 23.0 Å². The Morgan fingerprint density at radius 2 is 1.59 bits per heavy atom. The highest BCUT2D eigenvalue weighted by molar-refractivity contribution is 5.95. The largest absolute Gasteiger partial charge is 0.444 e. The standard InChI is InChI=1S/C30H38FN5O5/c1-30(2,3)41-29(39)34-12-9-22(10-13-34)36(21-6-7-21)27(37)20-16-32-26(33-17-20)19-5-8-24(25(31)15-19)28(38)35-14-11-23(18-35)40-4/h5,8,15-17,21-23H,6-7,9-14,18H2,1-4H3. The maximum absolute atomic E-state index is 15.0. The van der Waals surface area contributed by atoms with Crippen LogP contribution in [0, 0.1) is 5.82 Å². The van der Waals surface area contributed by atoms with Crippen LogP contribution >= 0.6 is 0 Å². The molecule has 1 aromatic carbocycles. The van der Waals surface area contributed by atoms with Crippen molar-refractivity contribution in [2.45, 2.75) is 76.7 Å². The lowest BCUT2D eigenvalue weighted by Crippen LogP contribution is -2.50. The molecular formula is C30H38FN5O5. The topological polar surface area (TPSA) is 105 Å². The average Bonchev–Trinajstić information content (AvgIpc) is 3.66. The zero-order chi connectivity index (χ0) is 29.3. The molecule has 10 nitrogen and oxygen atoms in total. The van der Waals surface area contributed by atoms with Crippen LogP contribution in [0.1, 0.15) is 73.6 Å². The maximum atomic E-state index is 15.0. The summed E-state index contributed by atoms with van der Waals surface area (Å²) in [5.41, 5.74) is 0.227. The summed E-state index contributed by atoms with van der Waals surface area (Å²) in [6, 6.07) is 4.51. The first kappa shape index (κ1) is 28.9. The van der Waals surface area contributed by atoms with E-state index in [1.165, 1.54) is 24.5 Å². The van der Waals surface area contributed by atoms with Crippen LogP contribution in [0.5, 0.6) is 0 Å². The van der Waals surface area contributed by atoms with E-state index in [0.717, 1.165) is 19.3 Å². The first-order chi connectivity index (χ1) is 19.5. The third-order valence-electron chi connectivity index (χ3n) is 7.81. The number of nitrogens with zero attached hydrogens (tertiary/aromatic N) is 5. The Morgan fingerprint density at radius 3 is 2.15 bits per heavy atom. The number of carbonyl (C=O) groups is 3. The zero-order valence-electron chi connectivity index (χ0n) is 24.1. The number of methoxy groups -OCH3 is 1. The molecule has 3 aliphatic rings. The summed E-state index contributed by atoms with van der Waals surface area (Å²) in [6.07, 6.45) is 6.57. The van der Waals surface area contributed by atoms with Gasteiger partial charge in [-0.2, -0.15) is 0 Å². The van der Waals surface area contributed by atoms with Crippen molar-refractivity contribution in [3.05, 3.63) is 47.5 Å². The van der Waals surface area contributed by atoms with Crippen molar-refractivity contribution in [3.8, 4) is 11.4 Å². The van der Waals surface area contributed by atoms with Crippen LogP contribution in [0.4, 0.5) is 9.18 Å². The Kier molecular flexibility index (Phi) is 8.26. The number of ether oxygens (including phenoxy) is 2. The molecular weight excluding hydrogens is 529 g/mol. The van der Waals surface area contributed by atoms with Crippen molar-refractivity contribution >= 4 is 17.9 Å². The van der Waals surface area contributed by atoms with Gasteiger partial charge in [0.2, 0.25) is 0 Å². The molecule has 0 N–H and O–H groups in total. The van der Waals surface area contributed by atoms with Crippen molar-refractivity contribution < 1.29 is 28.2 Å². The Bertz CT molecular complexity index is 1290. The Hall–Kier alpha value is -3.60. The molecule has 5 rings (SSSR count). The maximum Gasteiger partial charge on any atom is 0.410 e. The minimum atomic E-state index is -0.644. The number of halogens is 1. The molecule has 2 aliphatic heterocycles. The molecule has 3 fully saturated rings. The Morgan fingerprint density at radius 1 is 0.951 bits per heavy atom. The van der Waals surface area contributed by atoms with Crippen LogP contribution in [0.15, 0.2) is 30.6 Å². The van der Waals surface area contributed by atoms with Gasteiger partial charge in [0.25, 0.3) is 11.8 Å². The summed E-state index contributed by atoms with van der Waals surface area (Å²) in [4.78, 5) is 52.7. The molecule has 0 bridgehead atoms. The van der Waals surface area contributed by atoms with Gasteiger partial charge < -0.3 is 24.2 Å². The first-order valence-corrected chi connectivity index (χ1v) is 14.3. The highest BCUT2D eigenvalue weighted by atomic mass is 19.1. The number of carbonyl (C=O) groups excluding carboxylic acids is 3. The first-order valence-electron chi connectivity index (χ1n) is 14.3. The van der Waals surface area contributed by atoms with E-state index < -0.39 is 11.4 Å². The minimum absolute atomic E-state index is 0.00454. The number of rotatable bonds is 6. The van der Waals surface area contributed by atoms with Crippen LogP contribution < -0.4 is 0 Å². The van der Waals surface area contributed by atoms with Gasteiger partial charge >= 0.3 is 6.09 Å². The molecule has 2 saturated heterocycles. The number of piperidine rings is 1. The highest BCUT2D eigenvalue weighted by Gasteiger charge is 2.40. The predicted octanol–water partition coefficient (Wildman–Crippen LogP) is 4.15. The minimum Gasteiger partial charge on any atom is -0.444 e. The van der Waals surface area contributed by atoms with E-state index in [2.05, 4.69) is 9.97 Å². The molecule has 41 heavy (non-hydrogen) atoms. The van der Waals surface area contributed by atoms with Crippen molar-refractivity contribution in [1.82, 2.24) is 24.7 Å². The Labute approximate surface area is 239 Å². The summed E-state index contributed by atoms with van der Waals surface area (Å²) >= 11 is 0. The molecule has 1 unspecified atom stereocenters. The van der Waals surface area contributed by atoms with Crippen LogP contribution in [-0.4, -0.2) is 99.7 Å². The lowest BCUT2D eigenvalue weighted by atomic mass is 10.0. The second-order valence-corrected chi connectivity index (χ2v) is 12.0. The number of benzene rings is 1. The van der Waals surface area contributed by atoms with Gasteiger partial charge in [-0.05, 0) is 65.0 Å². The fourth-order valence-corrected chi connectivity index (χ4v) is 5.48. The van der Waals surface area contributed by atoms with Crippen LogP contribution in [0.2, 0.25) is 0 Å². The molecule has 2 aromatic rings. The second kappa shape index (κ2) is 11.7. The summed E-state index contributed by atoms with van der Waals surface area (Å²) in [5.74, 6) is -0.882. The molecule has 1 aromatic heterocycles. The van der Waals surface area contributed by atoms with Gasteiger partial charge in [-0.15, -0.1) is 0 Å². The molecule has 3 heterocycles. The highest BCUT2D eigenvalue weighted by Crippen LogP contribution is 2.33. The van der Waals surface area contributed by atoms with E-state index in [0.29, 0.717) is 50.1 Å². The van der Waals surface area contributed by atoms with Crippen molar-refractivity contribution in [3.63, 3.8) is 0 Å². The van der Waals surface area contributed by atoms with Gasteiger partial charge in [-0.1, -0.05) is 6.07 Å². The number of amides is 3. The van der Waals surface area contributed by atoms with Crippen LogP contribution in [0.3, 0.4) is 0 Å². The van der Waals surface area contributed by atoms with Crippen LogP contribution in [-0.2, 0) is 9.47 Å². The zero-order valence-corrected chi connectivity index (χ0v) is 24.1. The fraction of sp³-hybridized carbons (Fsp3) is 0.567. The monoisotopic (exact) mass is 567 g/mol. The van der Waals surface area contributed by atoms with E-state index in [9.17, 15) is 18.8 Å². The fourth-order valence-electron chi connectivity index (χ4n) is 5.48. The van der Waals surface area contributed by atoms with E-state index >= 15 is 0 Å².